The van der Waals surface area contributed by atoms with Crippen molar-refractivity contribution in [1.29, 1.82) is 0 Å². The van der Waals surface area contributed by atoms with Crippen LogP contribution in [-0.2, 0) is 19.2 Å². The van der Waals surface area contributed by atoms with Crippen LogP contribution in [0.3, 0.4) is 0 Å². The minimum absolute atomic E-state index is 0.107. The molecule has 3 aliphatic heterocycles. The molecular formula is C12H12ClNO4. The first-order valence-corrected chi connectivity index (χ1v) is 6.14. The Hall–Kier alpha value is -1.17. The molecule has 3 aliphatic rings. The van der Waals surface area contributed by atoms with Crippen LogP contribution < -0.4 is 0 Å². The molecule has 0 aromatic rings. The second kappa shape index (κ2) is 4.19. The van der Waals surface area contributed by atoms with Crippen LogP contribution in [0.2, 0.25) is 0 Å². The third-order valence-electron chi connectivity index (χ3n) is 3.44. The normalized spacial score (nSPS) is 37.9. The summed E-state index contributed by atoms with van der Waals surface area (Å²) in [6, 6.07) is 0. The van der Waals surface area contributed by atoms with E-state index in [9.17, 15) is 9.59 Å². The average molecular weight is 270 g/mol. The van der Waals surface area contributed by atoms with Crippen molar-refractivity contribution < 1.29 is 19.2 Å². The second-order valence-corrected chi connectivity index (χ2v) is 5.16. The molecule has 0 radical (unpaired) electrons. The zero-order chi connectivity index (χ0) is 12.9. The number of carbonyl (C=O) groups excluding carboxylic acids is 2. The number of hydroxylamine groups is 2. The maximum atomic E-state index is 12.1. The van der Waals surface area contributed by atoms with Gasteiger partial charge in [-0.15, -0.1) is 0 Å². The number of amides is 2. The molecule has 3 rings (SSSR count). The molecule has 2 saturated heterocycles. The first-order chi connectivity index (χ1) is 8.59. The number of fused-ring (bicyclic) bond motifs is 5. The van der Waals surface area contributed by atoms with Crippen LogP contribution in [0.25, 0.3) is 0 Å². The number of halogens is 1. The van der Waals surface area contributed by atoms with Gasteiger partial charge in [-0.3, -0.25) is 14.4 Å². The quantitative estimate of drug-likeness (QED) is 0.567. The predicted molar refractivity (Wildman–Crippen MR) is 62.2 cm³/mol. The van der Waals surface area contributed by atoms with E-state index in [0.29, 0.717) is 5.03 Å². The van der Waals surface area contributed by atoms with Crippen LogP contribution in [-0.4, -0.2) is 35.7 Å². The third kappa shape index (κ3) is 1.62. The van der Waals surface area contributed by atoms with Crippen molar-refractivity contribution in [2.24, 2.45) is 11.8 Å². The fourth-order valence-electron chi connectivity index (χ4n) is 2.63. The van der Waals surface area contributed by atoms with Crippen LogP contribution in [0.1, 0.15) is 6.92 Å². The van der Waals surface area contributed by atoms with Gasteiger partial charge >= 0.3 is 0 Å². The Labute approximate surface area is 109 Å². The molecule has 2 bridgehead atoms. The maximum Gasteiger partial charge on any atom is 0.260 e. The second-order valence-electron chi connectivity index (χ2n) is 4.56. The number of carbonyl (C=O) groups is 2. The summed E-state index contributed by atoms with van der Waals surface area (Å²) in [5, 5.41) is 1.42. The molecular weight excluding hydrogens is 258 g/mol. The van der Waals surface area contributed by atoms with Crippen LogP contribution >= 0.6 is 11.6 Å². The summed E-state index contributed by atoms with van der Waals surface area (Å²) in [5.74, 6) is -1.48. The van der Waals surface area contributed by atoms with Gasteiger partial charge in [0.05, 0.1) is 30.7 Å². The van der Waals surface area contributed by atoms with Crippen LogP contribution in [0.4, 0.5) is 0 Å². The van der Waals surface area contributed by atoms with Crippen molar-refractivity contribution in [1.82, 2.24) is 5.06 Å². The average Bonchev–Trinajstić information content (AvgIpc) is 2.97. The summed E-state index contributed by atoms with van der Waals surface area (Å²) in [7, 11) is 0. The van der Waals surface area contributed by atoms with Gasteiger partial charge in [-0.2, -0.15) is 5.06 Å². The van der Waals surface area contributed by atoms with E-state index in [0.717, 1.165) is 5.06 Å². The summed E-state index contributed by atoms with van der Waals surface area (Å²) >= 11 is 5.65. The molecule has 5 nitrogen and oxygen atoms in total. The van der Waals surface area contributed by atoms with Gasteiger partial charge in [0.15, 0.2) is 0 Å². The van der Waals surface area contributed by atoms with Gasteiger partial charge in [0.25, 0.3) is 11.8 Å². The molecule has 6 heteroatoms. The number of nitrogens with zero attached hydrogens (tertiary/aromatic N) is 1. The lowest BCUT2D eigenvalue weighted by Gasteiger charge is -2.15. The van der Waals surface area contributed by atoms with E-state index in [-0.39, 0.29) is 30.6 Å². The number of rotatable bonds is 3. The number of ether oxygens (including phenoxy) is 1. The van der Waals surface area contributed by atoms with Gasteiger partial charge < -0.3 is 4.74 Å². The van der Waals surface area contributed by atoms with Crippen molar-refractivity contribution >= 4 is 23.4 Å². The lowest BCUT2D eigenvalue weighted by molar-refractivity contribution is -0.188. The van der Waals surface area contributed by atoms with Gasteiger partial charge in [-0.05, 0) is 13.0 Å². The van der Waals surface area contributed by atoms with E-state index >= 15 is 0 Å². The van der Waals surface area contributed by atoms with Gasteiger partial charge in [0.1, 0.15) is 0 Å². The molecule has 0 aromatic heterocycles. The van der Waals surface area contributed by atoms with E-state index in [4.69, 9.17) is 21.2 Å². The SMILES string of the molecule is C/C(Cl)=C/CON1C(=O)[C@@H]2[C@@H](C1=O)[C@H]1C=C[C@H]2O1. The Morgan fingerprint density at radius 2 is 1.94 bits per heavy atom. The van der Waals surface area contributed by atoms with E-state index in [1.807, 2.05) is 12.2 Å². The van der Waals surface area contributed by atoms with E-state index in [1.165, 1.54) is 0 Å². The zero-order valence-electron chi connectivity index (χ0n) is 9.71. The first-order valence-electron chi connectivity index (χ1n) is 5.76. The molecule has 4 atom stereocenters. The standard InChI is InChI=1S/C12H12ClNO4/c1-6(13)4-5-17-14-11(15)9-7-2-3-8(18-7)10(9)12(14)16/h2-4,7-10H,5H2,1H3/b6-4-/t7-,8-,9+,10+/m1/s1. The highest BCUT2D eigenvalue weighted by atomic mass is 35.5. The summed E-state index contributed by atoms with van der Waals surface area (Å²) < 4.78 is 5.50. The van der Waals surface area contributed by atoms with E-state index in [1.54, 1.807) is 13.0 Å². The molecule has 0 aliphatic carbocycles. The molecule has 96 valence electrons. The van der Waals surface area contributed by atoms with Crippen molar-refractivity contribution in [3.63, 3.8) is 0 Å². The highest BCUT2D eigenvalue weighted by Crippen LogP contribution is 2.45. The molecule has 18 heavy (non-hydrogen) atoms. The predicted octanol–water partition coefficient (Wildman–Crippen LogP) is 0.999. The summed E-state index contributed by atoms with van der Waals surface area (Å²) in [5.41, 5.74) is 0. The Balaban J connectivity index is 1.74. The van der Waals surface area contributed by atoms with Gasteiger partial charge in [-0.25, -0.2) is 0 Å². The fraction of sp³-hybridized carbons (Fsp3) is 0.500. The van der Waals surface area contributed by atoms with Gasteiger partial charge in [0, 0.05) is 5.03 Å². The lowest BCUT2D eigenvalue weighted by atomic mass is 9.85. The number of hydrogen-bond donors (Lipinski definition) is 0. The summed E-state index contributed by atoms with van der Waals surface area (Å²) in [6.07, 6.45) is 4.71. The monoisotopic (exact) mass is 269 g/mol. The van der Waals surface area contributed by atoms with Crippen molar-refractivity contribution in [3.05, 3.63) is 23.3 Å². The Bertz CT molecular complexity index is 439. The Morgan fingerprint density at radius 1 is 1.39 bits per heavy atom. The zero-order valence-corrected chi connectivity index (χ0v) is 10.5. The topological polar surface area (TPSA) is 55.8 Å². The smallest absolute Gasteiger partial charge is 0.260 e. The number of allylic oxidation sites excluding steroid dienone is 1. The summed E-state index contributed by atoms with van der Waals surface area (Å²) in [4.78, 5) is 29.3. The van der Waals surface area contributed by atoms with E-state index in [2.05, 4.69) is 0 Å². The maximum absolute atomic E-state index is 12.1. The first kappa shape index (κ1) is 11.9. The Kier molecular flexibility index (Phi) is 2.77. The fourth-order valence-corrected chi connectivity index (χ4v) is 2.69. The molecule has 0 N–H and O–H groups in total. The molecule has 0 spiro atoms. The number of imide groups is 1. The molecule has 2 amide bonds. The van der Waals surface area contributed by atoms with Crippen LogP contribution in [0.5, 0.6) is 0 Å². The lowest BCUT2D eigenvalue weighted by Crippen LogP contribution is -2.34. The molecule has 0 unspecified atom stereocenters. The van der Waals surface area contributed by atoms with Crippen molar-refractivity contribution in [2.75, 3.05) is 6.61 Å². The minimum Gasteiger partial charge on any atom is -0.365 e. The van der Waals surface area contributed by atoms with Crippen LogP contribution in [0.15, 0.2) is 23.3 Å². The summed E-state index contributed by atoms with van der Waals surface area (Å²) in [6.45, 7) is 1.81. The molecule has 0 saturated carbocycles. The van der Waals surface area contributed by atoms with Gasteiger partial charge in [0.2, 0.25) is 0 Å². The molecule has 2 fully saturated rings. The van der Waals surface area contributed by atoms with Crippen LogP contribution in [0, 0.1) is 11.8 Å². The highest BCUT2D eigenvalue weighted by Gasteiger charge is 2.61. The molecule has 0 aromatic carbocycles. The van der Waals surface area contributed by atoms with Crippen molar-refractivity contribution in [3.8, 4) is 0 Å². The third-order valence-corrected chi connectivity index (χ3v) is 3.59. The highest BCUT2D eigenvalue weighted by molar-refractivity contribution is 6.29. The van der Waals surface area contributed by atoms with E-state index < -0.39 is 11.8 Å². The number of hydrogen-bond acceptors (Lipinski definition) is 4. The largest absolute Gasteiger partial charge is 0.365 e. The Morgan fingerprint density at radius 3 is 2.44 bits per heavy atom. The van der Waals surface area contributed by atoms with Gasteiger partial charge in [-0.1, -0.05) is 23.8 Å². The molecule has 3 heterocycles. The van der Waals surface area contributed by atoms with Crippen molar-refractivity contribution in [2.45, 2.75) is 19.1 Å². The minimum atomic E-state index is -0.423.